The highest BCUT2D eigenvalue weighted by Crippen LogP contribution is 2.35. The molecule has 0 bridgehead atoms. The number of hydrogen-bond donors (Lipinski definition) is 1. The number of aromatic nitrogens is 2. The normalized spacial score (nSPS) is 28.2. The average molecular weight is 249 g/mol. The summed E-state index contributed by atoms with van der Waals surface area (Å²) in [4.78, 5) is 11.1. The first kappa shape index (κ1) is 13.3. The van der Waals surface area contributed by atoms with Crippen LogP contribution in [0, 0.1) is 25.7 Å². The molecule has 1 aliphatic rings. The standard InChI is InChI=1S/C14H23N3O/c1-9(2)14(18)8-17(7-10(14)3)13-6-15-11(4)12(5)16-13/h6,9-10,18H,7-8H2,1-5H3/t10-,14-/m1/s1. The number of aliphatic hydroxyl groups is 1. The van der Waals surface area contributed by atoms with E-state index in [2.05, 4.69) is 35.6 Å². The number of hydrogen-bond acceptors (Lipinski definition) is 4. The number of aryl methyl sites for hydroxylation is 2. The Hall–Kier alpha value is -1.16. The molecule has 0 aliphatic carbocycles. The zero-order valence-electron chi connectivity index (χ0n) is 11.9. The van der Waals surface area contributed by atoms with Crippen molar-refractivity contribution in [1.29, 1.82) is 0 Å². The van der Waals surface area contributed by atoms with Gasteiger partial charge in [0.1, 0.15) is 5.82 Å². The third-order valence-corrected chi connectivity index (χ3v) is 4.30. The van der Waals surface area contributed by atoms with Crippen molar-refractivity contribution in [3.63, 3.8) is 0 Å². The highest BCUT2D eigenvalue weighted by atomic mass is 16.3. The Morgan fingerprint density at radius 1 is 1.39 bits per heavy atom. The van der Waals surface area contributed by atoms with Crippen LogP contribution in [0.25, 0.3) is 0 Å². The molecule has 0 aromatic carbocycles. The highest BCUT2D eigenvalue weighted by molar-refractivity contribution is 5.40. The van der Waals surface area contributed by atoms with Gasteiger partial charge in [-0.3, -0.25) is 4.98 Å². The molecule has 2 atom stereocenters. The van der Waals surface area contributed by atoms with E-state index in [0.717, 1.165) is 23.8 Å². The summed E-state index contributed by atoms with van der Waals surface area (Å²) in [6.07, 6.45) is 1.81. The van der Waals surface area contributed by atoms with E-state index >= 15 is 0 Å². The Morgan fingerprint density at radius 2 is 2.06 bits per heavy atom. The summed E-state index contributed by atoms with van der Waals surface area (Å²) in [5.74, 6) is 1.37. The minimum Gasteiger partial charge on any atom is -0.387 e. The van der Waals surface area contributed by atoms with Crippen LogP contribution in [-0.4, -0.2) is 33.8 Å². The molecule has 100 valence electrons. The molecule has 1 aliphatic heterocycles. The summed E-state index contributed by atoms with van der Waals surface area (Å²) in [6.45, 7) is 11.7. The number of anilines is 1. The highest BCUT2D eigenvalue weighted by Gasteiger charge is 2.45. The van der Waals surface area contributed by atoms with Gasteiger partial charge in [-0.1, -0.05) is 20.8 Å². The first-order valence-electron chi connectivity index (χ1n) is 6.62. The predicted octanol–water partition coefficient (Wildman–Crippen LogP) is 1.94. The van der Waals surface area contributed by atoms with E-state index in [0.29, 0.717) is 6.54 Å². The number of rotatable bonds is 2. The average Bonchev–Trinajstić information content (AvgIpc) is 2.61. The fourth-order valence-electron chi connectivity index (χ4n) is 2.62. The minimum atomic E-state index is -0.625. The van der Waals surface area contributed by atoms with Crippen LogP contribution in [0.2, 0.25) is 0 Å². The lowest BCUT2D eigenvalue weighted by molar-refractivity contribution is -0.0187. The van der Waals surface area contributed by atoms with Crippen molar-refractivity contribution >= 4 is 5.82 Å². The summed E-state index contributed by atoms with van der Waals surface area (Å²) in [5, 5.41) is 10.7. The maximum Gasteiger partial charge on any atom is 0.147 e. The van der Waals surface area contributed by atoms with Crippen LogP contribution in [0.3, 0.4) is 0 Å². The molecule has 1 aromatic rings. The molecule has 2 heterocycles. The summed E-state index contributed by atoms with van der Waals surface area (Å²) in [6, 6.07) is 0. The molecule has 1 fully saturated rings. The van der Waals surface area contributed by atoms with Gasteiger partial charge in [-0.05, 0) is 19.8 Å². The van der Waals surface area contributed by atoms with Gasteiger partial charge in [0.05, 0.1) is 23.2 Å². The quantitative estimate of drug-likeness (QED) is 0.870. The van der Waals surface area contributed by atoms with Gasteiger partial charge in [0, 0.05) is 19.0 Å². The predicted molar refractivity (Wildman–Crippen MR) is 72.7 cm³/mol. The minimum absolute atomic E-state index is 0.247. The number of β-amino-alcohol motifs (C(OH)–C–C–N with tert-alkyl or cyclic N) is 1. The van der Waals surface area contributed by atoms with Crippen LogP contribution in [0.5, 0.6) is 0 Å². The Labute approximate surface area is 109 Å². The molecule has 1 saturated heterocycles. The van der Waals surface area contributed by atoms with E-state index in [1.807, 2.05) is 13.8 Å². The molecule has 1 aromatic heterocycles. The lowest BCUT2D eigenvalue weighted by atomic mass is 9.82. The summed E-state index contributed by atoms with van der Waals surface area (Å²) >= 11 is 0. The van der Waals surface area contributed by atoms with Gasteiger partial charge in [-0.2, -0.15) is 0 Å². The first-order valence-corrected chi connectivity index (χ1v) is 6.62. The van der Waals surface area contributed by atoms with Crippen LogP contribution in [0.15, 0.2) is 6.20 Å². The van der Waals surface area contributed by atoms with Crippen molar-refractivity contribution in [2.75, 3.05) is 18.0 Å². The van der Waals surface area contributed by atoms with Crippen molar-refractivity contribution in [2.45, 2.75) is 40.2 Å². The largest absolute Gasteiger partial charge is 0.387 e. The van der Waals surface area contributed by atoms with Crippen LogP contribution < -0.4 is 4.90 Å². The van der Waals surface area contributed by atoms with Gasteiger partial charge in [0.25, 0.3) is 0 Å². The van der Waals surface area contributed by atoms with Gasteiger partial charge in [-0.15, -0.1) is 0 Å². The Kier molecular flexibility index (Phi) is 3.32. The zero-order valence-corrected chi connectivity index (χ0v) is 11.9. The van der Waals surface area contributed by atoms with Gasteiger partial charge >= 0.3 is 0 Å². The molecular weight excluding hydrogens is 226 g/mol. The Balaban J connectivity index is 2.24. The van der Waals surface area contributed by atoms with E-state index in [9.17, 15) is 5.11 Å². The monoisotopic (exact) mass is 249 g/mol. The van der Waals surface area contributed by atoms with Gasteiger partial charge in [0.2, 0.25) is 0 Å². The van der Waals surface area contributed by atoms with E-state index < -0.39 is 5.60 Å². The molecule has 0 spiro atoms. The molecule has 1 N–H and O–H groups in total. The Bertz CT molecular complexity index is 447. The van der Waals surface area contributed by atoms with E-state index in [4.69, 9.17) is 0 Å². The van der Waals surface area contributed by atoms with Crippen LogP contribution in [0.1, 0.15) is 32.2 Å². The van der Waals surface area contributed by atoms with E-state index in [-0.39, 0.29) is 11.8 Å². The van der Waals surface area contributed by atoms with Crippen molar-refractivity contribution in [2.24, 2.45) is 11.8 Å². The van der Waals surface area contributed by atoms with Crippen LogP contribution in [0.4, 0.5) is 5.82 Å². The molecule has 0 amide bonds. The molecule has 18 heavy (non-hydrogen) atoms. The van der Waals surface area contributed by atoms with Crippen LogP contribution in [-0.2, 0) is 0 Å². The SMILES string of the molecule is Cc1ncc(N2C[C@@H](C)[C@](O)(C(C)C)C2)nc1C. The smallest absolute Gasteiger partial charge is 0.147 e. The van der Waals surface area contributed by atoms with Crippen LogP contribution >= 0.6 is 0 Å². The fourth-order valence-corrected chi connectivity index (χ4v) is 2.62. The molecule has 4 nitrogen and oxygen atoms in total. The molecule has 4 heteroatoms. The topological polar surface area (TPSA) is 49.2 Å². The van der Waals surface area contributed by atoms with Crippen molar-refractivity contribution in [1.82, 2.24) is 9.97 Å². The molecule has 0 unspecified atom stereocenters. The van der Waals surface area contributed by atoms with Crippen molar-refractivity contribution < 1.29 is 5.11 Å². The number of nitrogens with zero attached hydrogens (tertiary/aromatic N) is 3. The lowest BCUT2D eigenvalue weighted by Crippen LogP contribution is -2.42. The molecule has 2 rings (SSSR count). The van der Waals surface area contributed by atoms with Gasteiger partial charge in [0.15, 0.2) is 0 Å². The fraction of sp³-hybridized carbons (Fsp3) is 0.714. The van der Waals surface area contributed by atoms with E-state index in [1.165, 1.54) is 0 Å². The second-order valence-electron chi connectivity index (χ2n) is 5.83. The second kappa shape index (κ2) is 4.50. The third kappa shape index (κ3) is 2.09. The van der Waals surface area contributed by atoms with Crippen molar-refractivity contribution in [3.05, 3.63) is 17.6 Å². The van der Waals surface area contributed by atoms with Gasteiger partial charge in [-0.25, -0.2) is 4.98 Å². The summed E-state index contributed by atoms with van der Waals surface area (Å²) < 4.78 is 0. The molecular formula is C14H23N3O. The summed E-state index contributed by atoms with van der Waals surface area (Å²) in [5.41, 5.74) is 1.30. The maximum absolute atomic E-state index is 10.7. The summed E-state index contributed by atoms with van der Waals surface area (Å²) in [7, 11) is 0. The molecule has 0 radical (unpaired) electrons. The molecule has 0 saturated carbocycles. The maximum atomic E-state index is 10.7. The first-order chi connectivity index (χ1) is 8.34. The van der Waals surface area contributed by atoms with E-state index in [1.54, 1.807) is 6.20 Å². The second-order valence-corrected chi connectivity index (χ2v) is 5.83. The van der Waals surface area contributed by atoms with Gasteiger partial charge < -0.3 is 10.0 Å². The Morgan fingerprint density at radius 3 is 2.56 bits per heavy atom. The zero-order chi connectivity index (χ0) is 13.5. The third-order valence-electron chi connectivity index (χ3n) is 4.30. The van der Waals surface area contributed by atoms with Crippen molar-refractivity contribution in [3.8, 4) is 0 Å². The lowest BCUT2D eigenvalue weighted by Gasteiger charge is -2.31.